The predicted octanol–water partition coefficient (Wildman–Crippen LogP) is 4.15. The normalized spacial score (nSPS) is 16.8. The molecule has 1 N–H and O–H groups in total. The summed E-state index contributed by atoms with van der Waals surface area (Å²) < 4.78 is 11.2. The molecule has 0 spiro atoms. The highest BCUT2D eigenvalue weighted by atomic mass is 35.5. The van der Waals surface area contributed by atoms with E-state index in [-0.39, 0.29) is 12.0 Å². The minimum atomic E-state index is -0.0917. The topological polar surface area (TPSA) is 73.3 Å². The fourth-order valence-corrected chi connectivity index (χ4v) is 3.46. The molecular formula is C17H20ClN3O3S. The predicted molar refractivity (Wildman–Crippen MR) is 97.4 cm³/mol. The number of hydrogen-bond donors (Lipinski definition) is 1. The van der Waals surface area contributed by atoms with Gasteiger partial charge in [0, 0.05) is 18.1 Å². The summed E-state index contributed by atoms with van der Waals surface area (Å²) in [7, 11) is 0. The Morgan fingerprint density at radius 3 is 3.12 bits per heavy atom. The smallest absolute Gasteiger partial charge is 0.226 e. The number of aromatic nitrogens is 2. The van der Waals surface area contributed by atoms with Crippen molar-refractivity contribution >= 4 is 34.0 Å². The Morgan fingerprint density at radius 2 is 2.36 bits per heavy atom. The second-order valence-corrected chi connectivity index (χ2v) is 7.27. The Hall–Kier alpha value is -1.70. The van der Waals surface area contributed by atoms with Crippen LogP contribution in [0.15, 0.2) is 18.2 Å². The van der Waals surface area contributed by atoms with Crippen LogP contribution in [0.25, 0.3) is 0 Å². The lowest BCUT2D eigenvalue weighted by Gasteiger charge is -2.07. The molecule has 0 unspecified atom stereocenters. The van der Waals surface area contributed by atoms with Gasteiger partial charge in [0.2, 0.25) is 11.0 Å². The van der Waals surface area contributed by atoms with Crippen LogP contribution >= 0.6 is 22.9 Å². The fourth-order valence-electron chi connectivity index (χ4n) is 2.50. The molecule has 3 rings (SSSR count). The van der Waals surface area contributed by atoms with Crippen LogP contribution in [0.1, 0.15) is 42.4 Å². The third kappa shape index (κ3) is 5.14. The van der Waals surface area contributed by atoms with Crippen LogP contribution < -0.4 is 10.1 Å². The molecule has 0 radical (unpaired) electrons. The van der Waals surface area contributed by atoms with E-state index in [0.717, 1.165) is 35.8 Å². The number of ether oxygens (including phenoxy) is 2. The highest BCUT2D eigenvalue weighted by Crippen LogP contribution is 2.31. The van der Waals surface area contributed by atoms with Gasteiger partial charge in [-0.25, -0.2) is 0 Å². The number of anilines is 1. The Kier molecular flexibility index (Phi) is 6.23. The first kappa shape index (κ1) is 18.1. The molecule has 6 nitrogen and oxygen atoms in total. The summed E-state index contributed by atoms with van der Waals surface area (Å²) in [5.41, 5.74) is 0.968. The first-order valence-electron chi connectivity index (χ1n) is 8.25. The molecule has 134 valence electrons. The van der Waals surface area contributed by atoms with Crippen molar-refractivity contribution in [1.82, 2.24) is 10.2 Å². The van der Waals surface area contributed by atoms with E-state index in [1.54, 1.807) is 6.07 Å². The number of hydrogen-bond acceptors (Lipinski definition) is 6. The molecular weight excluding hydrogens is 362 g/mol. The Morgan fingerprint density at radius 1 is 1.48 bits per heavy atom. The molecule has 1 aromatic heterocycles. The maximum Gasteiger partial charge on any atom is 0.226 e. The summed E-state index contributed by atoms with van der Waals surface area (Å²) in [5.74, 6) is 0.665. The Labute approximate surface area is 155 Å². The summed E-state index contributed by atoms with van der Waals surface area (Å²) in [6, 6.07) is 5.51. The molecule has 2 aromatic rings. The standard InChI is InChI=1S/C17H20ClN3O3S/c1-11-10-12(6-7-13(11)18)23-8-3-5-15(22)19-17-21-20-16(25-17)14-4-2-9-24-14/h6-7,10,14H,2-5,8-9H2,1H3,(H,19,21,22)/t14-/m1/s1. The Bertz CT molecular complexity index is 732. The van der Waals surface area contributed by atoms with E-state index < -0.39 is 0 Å². The van der Waals surface area contributed by atoms with Crippen LogP contribution in [0, 0.1) is 6.92 Å². The number of amides is 1. The number of carbonyl (C=O) groups is 1. The largest absolute Gasteiger partial charge is 0.494 e. The van der Waals surface area contributed by atoms with Gasteiger partial charge in [0.1, 0.15) is 16.9 Å². The van der Waals surface area contributed by atoms with E-state index in [1.165, 1.54) is 11.3 Å². The van der Waals surface area contributed by atoms with E-state index in [9.17, 15) is 4.79 Å². The van der Waals surface area contributed by atoms with Gasteiger partial charge in [0.05, 0.1) is 6.61 Å². The minimum absolute atomic E-state index is 0.0272. The Balaban J connectivity index is 1.38. The van der Waals surface area contributed by atoms with Gasteiger partial charge in [-0.1, -0.05) is 22.9 Å². The van der Waals surface area contributed by atoms with E-state index >= 15 is 0 Å². The first-order valence-corrected chi connectivity index (χ1v) is 9.45. The number of aryl methyl sites for hydroxylation is 1. The van der Waals surface area contributed by atoms with Crippen LogP contribution in [-0.2, 0) is 9.53 Å². The van der Waals surface area contributed by atoms with Gasteiger partial charge in [0.25, 0.3) is 0 Å². The lowest BCUT2D eigenvalue weighted by molar-refractivity contribution is -0.116. The summed E-state index contributed by atoms with van der Waals surface area (Å²) in [4.78, 5) is 12.0. The summed E-state index contributed by atoms with van der Waals surface area (Å²) in [6.07, 6.45) is 3.01. The number of nitrogens with one attached hydrogen (secondary N) is 1. The third-order valence-corrected chi connectivity index (χ3v) is 5.19. The van der Waals surface area contributed by atoms with Crippen molar-refractivity contribution < 1.29 is 14.3 Å². The zero-order chi connectivity index (χ0) is 17.6. The highest BCUT2D eigenvalue weighted by molar-refractivity contribution is 7.15. The molecule has 8 heteroatoms. The van der Waals surface area contributed by atoms with Crippen LogP contribution in [0.3, 0.4) is 0 Å². The summed E-state index contributed by atoms with van der Waals surface area (Å²) >= 11 is 7.35. The molecule has 0 aliphatic carbocycles. The molecule has 1 aliphatic heterocycles. The van der Waals surface area contributed by atoms with Crippen LogP contribution in [-0.4, -0.2) is 29.3 Å². The molecule has 25 heavy (non-hydrogen) atoms. The maximum atomic E-state index is 12.0. The lowest BCUT2D eigenvalue weighted by Crippen LogP contribution is -2.12. The molecule has 1 aliphatic rings. The van der Waals surface area contributed by atoms with Crippen molar-refractivity contribution in [2.45, 2.75) is 38.7 Å². The van der Waals surface area contributed by atoms with Crippen molar-refractivity contribution in [2.75, 3.05) is 18.5 Å². The first-order chi connectivity index (χ1) is 12.1. The second-order valence-electron chi connectivity index (χ2n) is 5.86. The summed E-state index contributed by atoms with van der Waals surface area (Å²) in [5, 5.41) is 12.9. The van der Waals surface area contributed by atoms with Gasteiger partial charge in [-0.2, -0.15) is 0 Å². The number of carbonyl (C=O) groups excluding carboxylic acids is 1. The van der Waals surface area contributed by atoms with Crippen LogP contribution in [0.2, 0.25) is 5.02 Å². The lowest BCUT2D eigenvalue weighted by atomic mass is 10.2. The van der Waals surface area contributed by atoms with Crippen molar-refractivity contribution in [3.05, 3.63) is 33.8 Å². The maximum absolute atomic E-state index is 12.0. The SMILES string of the molecule is Cc1cc(OCCCC(=O)Nc2nnc([C@H]3CCCO3)s2)ccc1Cl. The van der Waals surface area contributed by atoms with Crippen LogP contribution in [0.4, 0.5) is 5.13 Å². The van der Waals surface area contributed by atoms with E-state index in [1.807, 2.05) is 19.1 Å². The van der Waals surface area contributed by atoms with Gasteiger partial charge in [0.15, 0.2) is 0 Å². The number of rotatable bonds is 7. The van der Waals surface area contributed by atoms with Crippen molar-refractivity contribution in [3.8, 4) is 5.75 Å². The summed E-state index contributed by atoms with van der Waals surface area (Å²) in [6.45, 7) is 3.15. The highest BCUT2D eigenvalue weighted by Gasteiger charge is 2.22. The van der Waals surface area contributed by atoms with Gasteiger partial charge >= 0.3 is 0 Å². The quantitative estimate of drug-likeness (QED) is 0.729. The number of nitrogens with zero attached hydrogens (tertiary/aromatic N) is 2. The van der Waals surface area contributed by atoms with E-state index in [4.69, 9.17) is 21.1 Å². The van der Waals surface area contributed by atoms with E-state index in [0.29, 0.717) is 29.6 Å². The molecule has 1 saturated heterocycles. The zero-order valence-corrected chi connectivity index (χ0v) is 15.5. The molecule has 0 bridgehead atoms. The zero-order valence-electron chi connectivity index (χ0n) is 14.0. The molecule has 1 fully saturated rings. The molecule has 2 heterocycles. The minimum Gasteiger partial charge on any atom is -0.494 e. The molecule has 1 amide bonds. The van der Waals surface area contributed by atoms with Gasteiger partial charge in [-0.15, -0.1) is 10.2 Å². The molecule has 1 aromatic carbocycles. The molecule has 0 saturated carbocycles. The number of benzene rings is 1. The second kappa shape index (κ2) is 8.60. The average molecular weight is 382 g/mol. The third-order valence-electron chi connectivity index (χ3n) is 3.84. The molecule has 1 atom stereocenters. The van der Waals surface area contributed by atoms with Gasteiger partial charge < -0.3 is 14.8 Å². The van der Waals surface area contributed by atoms with Crippen LogP contribution in [0.5, 0.6) is 5.75 Å². The van der Waals surface area contributed by atoms with Crippen molar-refractivity contribution in [1.29, 1.82) is 0 Å². The van der Waals surface area contributed by atoms with Gasteiger partial charge in [-0.3, -0.25) is 4.79 Å². The average Bonchev–Trinajstić information content (AvgIpc) is 3.26. The van der Waals surface area contributed by atoms with E-state index in [2.05, 4.69) is 15.5 Å². The van der Waals surface area contributed by atoms with Crippen molar-refractivity contribution in [3.63, 3.8) is 0 Å². The monoisotopic (exact) mass is 381 g/mol. The number of halogens is 1. The van der Waals surface area contributed by atoms with Gasteiger partial charge in [-0.05, 0) is 49.9 Å². The van der Waals surface area contributed by atoms with Crippen molar-refractivity contribution in [2.24, 2.45) is 0 Å². The fraction of sp³-hybridized carbons (Fsp3) is 0.471.